The zero-order chi connectivity index (χ0) is 7.97. The Morgan fingerprint density at radius 1 is 1.25 bits per heavy atom. The average molecular weight is 174 g/mol. The van der Waals surface area contributed by atoms with Crippen molar-refractivity contribution in [1.82, 2.24) is 9.97 Å². The molecule has 58 valence electrons. The molecule has 0 bridgehead atoms. The lowest BCUT2D eigenvalue weighted by Gasteiger charge is -1.84. The first-order chi connectivity index (χ1) is 5.95. The molecule has 0 aliphatic carbocycles. The average Bonchev–Trinajstić information content (AvgIpc) is 2.62. The molecule has 3 aromatic rings. The van der Waals surface area contributed by atoms with Gasteiger partial charge in [0.15, 0.2) is 0 Å². The van der Waals surface area contributed by atoms with Crippen LogP contribution in [0.15, 0.2) is 30.6 Å². The molecular formula is C9H6N2S. The number of aromatic nitrogens is 2. The second-order valence-corrected chi connectivity index (χ2v) is 3.71. The molecule has 3 rings (SSSR count). The van der Waals surface area contributed by atoms with E-state index in [-0.39, 0.29) is 0 Å². The zero-order valence-corrected chi connectivity index (χ0v) is 7.06. The van der Waals surface area contributed by atoms with Crippen LogP contribution in [-0.4, -0.2) is 9.97 Å². The number of H-pyrrole nitrogens is 1. The number of fused-ring (bicyclic) bond motifs is 3. The number of imidazole rings is 1. The summed E-state index contributed by atoms with van der Waals surface area (Å²) in [6.07, 6.45) is 1.74. The van der Waals surface area contributed by atoms with E-state index < -0.39 is 0 Å². The highest BCUT2D eigenvalue weighted by Crippen LogP contribution is 2.30. The molecular weight excluding hydrogens is 168 g/mol. The van der Waals surface area contributed by atoms with Crippen molar-refractivity contribution in [3.05, 3.63) is 30.6 Å². The maximum atomic E-state index is 4.22. The lowest BCUT2D eigenvalue weighted by Crippen LogP contribution is -1.62. The molecule has 0 spiro atoms. The predicted molar refractivity (Wildman–Crippen MR) is 51.5 cm³/mol. The molecule has 0 unspecified atom stereocenters. The number of thiophene rings is 1. The topological polar surface area (TPSA) is 28.7 Å². The van der Waals surface area contributed by atoms with Crippen molar-refractivity contribution in [3.8, 4) is 0 Å². The van der Waals surface area contributed by atoms with Crippen molar-refractivity contribution in [1.29, 1.82) is 0 Å². The van der Waals surface area contributed by atoms with Crippen molar-refractivity contribution in [2.24, 2.45) is 0 Å². The molecule has 0 saturated heterocycles. The van der Waals surface area contributed by atoms with Crippen molar-refractivity contribution in [3.63, 3.8) is 0 Å². The summed E-state index contributed by atoms with van der Waals surface area (Å²) in [7, 11) is 0. The van der Waals surface area contributed by atoms with Gasteiger partial charge in [0.05, 0.1) is 11.8 Å². The quantitative estimate of drug-likeness (QED) is 0.557. The van der Waals surface area contributed by atoms with Crippen LogP contribution in [0.1, 0.15) is 0 Å². The van der Waals surface area contributed by atoms with E-state index in [1.165, 1.54) is 10.1 Å². The largest absolute Gasteiger partial charge is 0.343 e. The van der Waals surface area contributed by atoms with Crippen LogP contribution in [0.4, 0.5) is 0 Å². The van der Waals surface area contributed by atoms with Crippen LogP contribution < -0.4 is 0 Å². The Balaban J connectivity index is 2.68. The summed E-state index contributed by atoms with van der Waals surface area (Å²) >= 11 is 1.73. The molecule has 2 heterocycles. The van der Waals surface area contributed by atoms with Crippen LogP contribution in [0.25, 0.3) is 20.4 Å². The number of nitrogens with one attached hydrogen (secondary N) is 1. The molecule has 12 heavy (non-hydrogen) atoms. The minimum atomic E-state index is 1.09. The maximum absolute atomic E-state index is 4.22. The molecule has 1 N–H and O–H groups in total. The summed E-state index contributed by atoms with van der Waals surface area (Å²) in [5.74, 6) is 0. The first-order valence-corrected chi connectivity index (χ1v) is 4.57. The number of hydrogen-bond acceptors (Lipinski definition) is 2. The first kappa shape index (κ1) is 6.20. The Bertz CT molecular complexity index is 534. The van der Waals surface area contributed by atoms with Crippen LogP contribution in [0, 0.1) is 0 Å². The molecule has 1 aromatic carbocycles. The van der Waals surface area contributed by atoms with Crippen LogP contribution in [0.2, 0.25) is 0 Å². The van der Waals surface area contributed by atoms with E-state index in [4.69, 9.17) is 0 Å². The van der Waals surface area contributed by atoms with Crippen LogP contribution in [0.5, 0.6) is 0 Å². The first-order valence-electron chi connectivity index (χ1n) is 3.76. The van der Waals surface area contributed by atoms with Crippen LogP contribution in [-0.2, 0) is 0 Å². The van der Waals surface area contributed by atoms with Gasteiger partial charge in [-0.25, -0.2) is 4.98 Å². The van der Waals surface area contributed by atoms with E-state index in [0.29, 0.717) is 0 Å². The van der Waals surface area contributed by atoms with Gasteiger partial charge in [-0.15, -0.1) is 11.3 Å². The molecule has 0 radical (unpaired) electrons. The normalized spacial score (nSPS) is 11.3. The van der Waals surface area contributed by atoms with Gasteiger partial charge in [-0.2, -0.15) is 0 Å². The highest BCUT2D eigenvalue weighted by molar-refractivity contribution is 7.25. The summed E-state index contributed by atoms with van der Waals surface area (Å²) < 4.78 is 1.30. The fraction of sp³-hybridized carbons (Fsp3) is 0. The zero-order valence-electron chi connectivity index (χ0n) is 6.24. The van der Waals surface area contributed by atoms with Gasteiger partial charge in [-0.05, 0) is 6.07 Å². The third-order valence-electron chi connectivity index (χ3n) is 1.97. The van der Waals surface area contributed by atoms with Crippen molar-refractivity contribution >= 4 is 31.8 Å². The Kier molecular flexibility index (Phi) is 1.07. The summed E-state index contributed by atoms with van der Waals surface area (Å²) in [6.45, 7) is 0. The highest BCUT2D eigenvalue weighted by atomic mass is 32.1. The SMILES string of the molecule is c1ccc2c(c1)sc1nc[nH]c12. The van der Waals surface area contributed by atoms with Crippen LogP contribution in [0.3, 0.4) is 0 Å². The van der Waals surface area contributed by atoms with Crippen LogP contribution >= 0.6 is 11.3 Å². The predicted octanol–water partition coefficient (Wildman–Crippen LogP) is 2.78. The molecule has 0 aliphatic heterocycles. The fourth-order valence-electron chi connectivity index (χ4n) is 1.42. The van der Waals surface area contributed by atoms with E-state index in [0.717, 1.165) is 10.3 Å². The number of aromatic amines is 1. The second kappa shape index (κ2) is 2.08. The lowest BCUT2D eigenvalue weighted by atomic mass is 10.2. The van der Waals surface area contributed by atoms with E-state index in [2.05, 4.69) is 34.2 Å². The molecule has 3 heteroatoms. The van der Waals surface area contributed by atoms with Crippen molar-refractivity contribution in [2.45, 2.75) is 0 Å². The van der Waals surface area contributed by atoms with E-state index in [1.54, 1.807) is 17.7 Å². The molecule has 2 nitrogen and oxygen atoms in total. The maximum Gasteiger partial charge on any atom is 0.142 e. The summed E-state index contributed by atoms with van der Waals surface area (Å²) in [6, 6.07) is 8.34. The van der Waals surface area contributed by atoms with Gasteiger partial charge in [-0.3, -0.25) is 0 Å². The third kappa shape index (κ3) is 0.662. The summed E-state index contributed by atoms with van der Waals surface area (Å²) in [5, 5.41) is 1.27. The van der Waals surface area contributed by atoms with Crippen molar-refractivity contribution in [2.75, 3.05) is 0 Å². The van der Waals surface area contributed by atoms with Crippen molar-refractivity contribution < 1.29 is 0 Å². The number of benzene rings is 1. The lowest BCUT2D eigenvalue weighted by molar-refractivity contribution is 1.35. The third-order valence-corrected chi connectivity index (χ3v) is 3.05. The summed E-state index contributed by atoms with van der Waals surface area (Å²) in [4.78, 5) is 8.45. The van der Waals surface area contributed by atoms with E-state index in [1.807, 2.05) is 0 Å². The Morgan fingerprint density at radius 2 is 2.17 bits per heavy atom. The van der Waals surface area contributed by atoms with Gasteiger partial charge in [0.2, 0.25) is 0 Å². The van der Waals surface area contributed by atoms with Gasteiger partial charge < -0.3 is 4.98 Å². The Hall–Kier alpha value is -1.35. The number of rotatable bonds is 0. The molecule has 2 aromatic heterocycles. The summed E-state index contributed by atoms with van der Waals surface area (Å²) in [5.41, 5.74) is 1.16. The van der Waals surface area contributed by atoms with Gasteiger partial charge in [0, 0.05) is 10.1 Å². The fourth-order valence-corrected chi connectivity index (χ4v) is 2.43. The molecule has 0 aliphatic rings. The van der Waals surface area contributed by atoms with Gasteiger partial charge >= 0.3 is 0 Å². The van der Waals surface area contributed by atoms with E-state index >= 15 is 0 Å². The minimum absolute atomic E-state index is 1.09. The molecule has 0 saturated carbocycles. The number of hydrogen-bond donors (Lipinski definition) is 1. The smallest absolute Gasteiger partial charge is 0.142 e. The molecule has 0 amide bonds. The minimum Gasteiger partial charge on any atom is -0.343 e. The number of nitrogens with zero attached hydrogens (tertiary/aromatic N) is 1. The second-order valence-electron chi connectivity index (χ2n) is 2.68. The Labute approximate surface area is 72.9 Å². The van der Waals surface area contributed by atoms with Gasteiger partial charge in [0.1, 0.15) is 4.83 Å². The van der Waals surface area contributed by atoms with E-state index in [9.17, 15) is 0 Å². The molecule has 0 fully saturated rings. The van der Waals surface area contributed by atoms with Gasteiger partial charge in [-0.1, -0.05) is 18.2 Å². The highest BCUT2D eigenvalue weighted by Gasteiger charge is 2.04. The Morgan fingerprint density at radius 3 is 3.17 bits per heavy atom. The monoisotopic (exact) mass is 174 g/mol. The van der Waals surface area contributed by atoms with Gasteiger partial charge in [0.25, 0.3) is 0 Å². The molecule has 0 atom stereocenters. The standard InChI is InChI=1S/C9H6N2S/c1-2-4-7-6(3-1)8-9(12-7)11-5-10-8/h1-5H,(H,10,11).